The Morgan fingerprint density at radius 1 is 1.30 bits per heavy atom. The number of hydrogen-bond acceptors (Lipinski definition) is 5. The Hall–Kier alpha value is -1.92. The smallest absolute Gasteiger partial charge is 0.258 e. The molecule has 1 aromatic carbocycles. The van der Waals surface area contributed by atoms with E-state index in [0.717, 1.165) is 32.5 Å². The second-order valence-corrected chi connectivity index (χ2v) is 7.29. The van der Waals surface area contributed by atoms with E-state index in [2.05, 4.69) is 15.5 Å². The van der Waals surface area contributed by atoms with Gasteiger partial charge in [0.05, 0.1) is 11.1 Å². The number of likely N-dealkylation sites (tertiary alicyclic amines) is 1. The number of rotatable bonds is 6. The Labute approximate surface area is 167 Å². The molecule has 0 radical (unpaired) electrons. The van der Waals surface area contributed by atoms with Crippen LogP contribution in [0.3, 0.4) is 0 Å². The number of carbonyl (C=O) groups excluding carboxylic acids is 1. The largest absolute Gasteiger partial charge is 0.339 e. The van der Waals surface area contributed by atoms with Crippen molar-refractivity contribution in [2.24, 2.45) is 5.92 Å². The zero-order valence-electron chi connectivity index (χ0n) is 16.3. The molecule has 1 saturated heterocycles. The van der Waals surface area contributed by atoms with Gasteiger partial charge < -0.3 is 14.7 Å². The van der Waals surface area contributed by atoms with E-state index in [-0.39, 0.29) is 24.2 Å². The summed E-state index contributed by atoms with van der Waals surface area (Å²) < 4.78 is 5.41. The molecule has 1 N–H and O–H groups in total. The second kappa shape index (κ2) is 9.85. The lowest BCUT2D eigenvalue weighted by Gasteiger charge is -2.32. The maximum Gasteiger partial charge on any atom is 0.258 e. The zero-order chi connectivity index (χ0) is 18.5. The molecule has 1 aliphatic heterocycles. The minimum Gasteiger partial charge on any atom is -0.339 e. The zero-order valence-corrected chi connectivity index (χ0v) is 17.1. The summed E-state index contributed by atoms with van der Waals surface area (Å²) in [5.74, 6) is 2.02. The highest BCUT2D eigenvalue weighted by Gasteiger charge is 2.26. The van der Waals surface area contributed by atoms with E-state index < -0.39 is 0 Å². The first-order valence-electron chi connectivity index (χ1n) is 9.47. The molecule has 148 valence electrons. The van der Waals surface area contributed by atoms with Crippen LogP contribution >= 0.6 is 12.4 Å². The molecule has 0 spiro atoms. The van der Waals surface area contributed by atoms with Crippen molar-refractivity contribution in [3.8, 4) is 11.5 Å². The van der Waals surface area contributed by atoms with Gasteiger partial charge in [-0.15, -0.1) is 12.4 Å². The molecule has 0 saturated carbocycles. The monoisotopic (exact) mass is 392 g/mol. The van der Waals surface area contributed by atoms with Crippen LogP contribution in [-0.2, 0) is 0 Å². The van der Waals surface area contributed by atoms with Gasteiger partial charge in [0.15, 0.2) is 5.82 Å². The van der Waals surface area contributed by atoms with Gasteiger partial charge in [-0.3, -0.25) is 4.79 Å². The summed E-state index contributed by atoms with van der Waals surface area (Å²) in [6.45, 7) is 6.69. The fourth-order valence-corrected chi connectivity index (χ4v) is 3.38. The number of carbonyl (C=O) groups is 1. The molecule has 2 aromatic rings. The third-order valence-electron chi connectivity index (χ3n) is 5.05. The Kier molecular flexibility index (Phi) is 7.80. The third kappa shape index (κ3) is 5.08. The molecule has 1 amide bonds. The summed E-state index contributed by atoms with van der Waals surface area (Å²) >= 11 is 0. The van der Waals surface area contributed by atoms with Crippen molar-refractivity contribution in [3.05, 3.63) is 35.7 Å². The molecular weight excluding hydrogens is 364 g/mol. The summed E-state index contributed by atoms with van der Waals surface area (Å²) in [5, 5.41) is 7.23. The lowest BCUT2D eigenvalue weighted by Crippen LogP contribution is -2.39. The average Bonchev–Trinajstić information content (AvgIpc) is 3.16. The molecule has 6 nitrogen and oxygen atoms in total. The molecule has 7 heteroatoms. The first-order valence-corrected chi connectivity index (χ1v) is 9.47. The van der Waals surface area contributed by atoms with E-state index in [9.17, 15) is 4.79 Å². The van der Waals surface area contributed by atoms with Gasteiger partial charge in [-0.2, -0.15) is 4.98 Å². The van der Waals surface area contributed by atoms with E-state index in [4.69, 9.17) is 4.52 Å². The van der Waals surface area contributed by atoms with Gasteiger partial charge in [0.2, 0.25) is 0 Å². The fraction of sp³-hybridized carbons (Fsp3) is 0.550. The highest BCUT2D eigenvalue weighted by Crippen LogP contribution is 2.27. The van der Waals surface area contributed by atoms with Crippen LogP contribution in [-0.4, -0.2) is 47.6 Å². The SMILES string of the molecule is CNCCC1CCN(C(=O)c2ccccc2-c2nc(C(C)C)no2)CC1.Cl. The minimum absolute atomic E-state index is 0. The lowest BCUT2D eigenvalue weighted by atomic mass is 9.93. The highest BCUT2D eigenvalue weighted by molar-refractivity contribution is 6.00. The molecule has 1 fully saturated rings. The molecule has 0 aliphatic carbocycles. The third-order valence-corrected chi connectivity index (χ3v) is 5.05. The van der Waals surface area contributed by atoms with Crippen molar-refractivity contribution in [3.63, 3.8) is 0 Å². The summed E-state index contributed by atoms with van der Waals surface area (Å²) in [6.07, 6.45) is 3.30. The maximum absolute atomic E-state index is 13.1. The Morgan fingerprint density at radius 2 is 2.00 bits per heavy atom. The van der Waals surface area contributed by atoms with Crippen molar-refractivity contribution in [1.82, 2.24) is 20.4 Å². The van der Waals surface area contributed by atoms with E-state index in [0.29, 0.717) is 28.8 Å². The van der Waals surface area contributed by atoms with Crippen molar-refractivity contribution in [2.75, 3.05) is 26.7 Å². The van der Waals surface area contributed by atoms with E-state index in [1.54, 1.807) is 0 Å². The van der Waals surface area contributed by atoms with Gasteiger partial charge >= 0.3 is 0 Å². The van der Waals surface area contributed by atoms with Gasteiger partial charge in [-0.25, -0.2) is 0 Å². The number of hydrogen-bond donors (Lipinski definition) is 1. The van der Waals surface area contributed by atoms with Gasteiger partial charge in [0.1, 0.15) is 0 Å². The topological polar surface area (TPSA) is 71.3 Å². The number of nitrogens with zero attached hydrogens (tertiary/aromatic N) is 3. The van der Waals surface area contributed by atoms with E-state index in [1.807, 2.05) is 50.1 Å². The van der Waals surface area contributed by atoms with Crippen LogP contribution in [0.25, 0.3) is 11.5 Å². The number of benzene rings is 1. The maximum atomic E-state index is 13.1. The first-order chi connectivity index (χ1) is 12.6. The first kappa shape index (κ1) is 21.4. The van der Waals surface area contributed by atoms with Gasteiger partial charge in [-0.05, 0) is 50.9 Å². The molecular formula is C20H29ClN4O2. The van der Waals surface area contributed by atoms with E-state index >= 15 is 0 Å². The predicted octanol–water partition coefficient (Wildman–Crippen LogP) is 3.74. The molecule has 27 heavy (non-hydrogen) atoms. The van der Waals surface area contributed by atoms with Crippen LogP contribution in [0.2, 0.25) is 0 Å². The molecule has 1 aliphatic rings. The Morgan fingerprint density at radius 3 is 2.63 bits per heavy atom. The molecule has 1 aromatic heterocycles. The second-order valence-electron chi connectivity index (χ2n) is 7.29. The number of halogens is 1. The van der Waals surface area contributed by atoms with Crippen LogP contribution in [0.4, 0.5) is 0 Å². The standard InChI is InChI=1S/C20H28N4O2.ClH/c1-14(2)18-22-19(26-23-18)16-6-4-5-7-17(16)20(25)24-12-9-15(10-13-24)8-11-21-3;/h4-7,14-15,21H,8-13H2,1-3H3;1H. The van der Waals surface area contributed by atoms with Crippen molar-refractivity contribution in [2.45, 2.75) is 39.0 Å². The molecule has 0 bridgehead atoms. The van der Waals surface area contributed by atoms with Gasteiger partial charge in [-0.1, -0.05) is 31.1 Å². The van der Waals surface area contributed by atoms with Crippen LogP contribution in [0.5, 0.6) is 0 Å². The molecule has 2 heterocycles. The molecule has 3 rings (SSSR count). The summed E-state index contributed by atoms with van der Waals surface area (Å²) in [6, 6.07) is 7.51. The predicted molar refractivity (Wildman–Crippen MR) is 108 cm³/mol. The molecule has 0 atom stereocenters. The highest BCUT2D eigenvalue weighted by atomic mass is 35.5. The number of piperidine rings is 1. The van der Waals surface area contributed by atoms with Gasteiger partial charge in [0, 0.05) is 19.0 Å². The Balaban J connectivity index is 0.00000261. The number of nitrogens with one attached hydrogen (secondary N) is 1. The van der Waals surface area contributed by atoms with Crippen LogP contribution < -0.4 is 5.32 Å². The van der Waals surface area contributed by atoms with Crippen molar-refractivity contribution >= 4 is 18.3 Å². The quantitative estimate of drug-likeness (QED) is 0.810. The van der Waals surface area contributed by atoms with Crippen LogP contribution in [0, 0.1) is 5.92 Å². The minimum atomic E-state index is 0. The summed E-state index contributed by atoms with van der Waals surface area (Å²) in [5.41, 5.74) is 1.36. The Bertz CT molecular complexity index is 739. The van der Waals surface area contributed by atoms with E-state index in [1.165, 1.54) is 6.42 Å². The van der Waals surface area contributed by atoms with Crippen LogP contribution in [0.1, 0.15) is 55.2 Å². The summed E-state index contributed by atoms with van der Waals surface area (Å²) in [7, 11) is 1.98. The molecule has 0 unspecified atom stereocenters. The number of amides is 1. The fourth-order valence-electron chi connectivity index (χ4n) is 3.38. The summed E-state index contributed by atoms with van der Waals surface area (Å²) in [4.78, 5) is 19.5. The number of aromatic nitrogens is 2. The van der Waals surface area contributed by atoms with Crippen LogP contribution in [0.15, 0.2) is 28.8 Å². The van der Waals surface area contributed by atoms with Crippen molar-refractivity contribution in [1.29, 1.82) is 0 Å². The normalized spacial score (nSPS) is 15.0. The van der Waals surface area contributed by atoms with Crippen molar-refractivity contribution < 1.29 is 9.32 Å². The van der Waals surface area contributed by atoms with Gasteiger partial charge in [0.25, 0.3) is 11.8 Å². The average molecular weight is 393 g/mol. The lowest BCUT2D eigenvalue weighted by molar-refractivity contribution is 0.0687.